The molecule has 4 aromatic rings. The summed E-state index contributed by atoms with van der Waals surface area (Å²) >= 11 is 0. The van der Waals surface area contributed by atoms with E-state index in [1.54, 1.807) is 9.25 Å². The Morgan fingerprint density at radius 2 is 1.75 bits per heavy atom. The summed E-state index contributed by atoms with van der Waals surface area (Å²) in [5.41, 5.74) is 12.1. The van der Waals surface area contributed by atoms with Crippen LogP contribution in [0.1, 0.15) is 25.3 Å². The van der Waals surface area contributed by atoms with Crippen molar-refractivity contribution in [2.75, 3.05) is 5.73 Å². The zero-order valence-electron chi connectivity index (χ0n) is 16.1. The van der Waals surface area contributed by atoms with Crippen LogP contribution >= 0.6 is 0 Å². The van der Waals surface area contributed by atoms with Crippen LogP contribution in [0.5, 0.6) is 0 Å². The largest absolute Gasteiger partial charge is 0.383 e. The first-order chi connectivity index (χ1) is 13.6. The summed E-state index contributed by atoms with van der Waals surface area (Å²) < 4.78 is 5.40. The van der Waals surface area contributed by atoms with Crippen LogP contribution in [0.3, 0.4) is 0 Å². The molecule has 2 aromatic carbocycles. The summed E-state index contributed by atoms with van der Waals surface area (Å²) in [6.45, 7) is 0. The third-order valence-corrected chi connectivity index (χ3v) is 5.96. The maximum Gasteiger partial charge on any atom is 0.329 e. The third-order valence-electron chi connectivity index (χ3n) is 5.96. The van der Waals surface area contributed by atoms with Gasteiger partial charge in [0.05, 0.1) is 16.6 Å². The maximum atomic E-state index is 12.8. The Hall–Kier alpha value is -3.28. The molecule has 5 rings (SSSR count). The van der Waals surface area contributed by atoms with Gasteiger partial charge in [-0.3, -0.25) is 13.8 Å². The van der Waals surface area contributed by atoms with Crippen molar-refractivity contribution in [3.63, 3.8) is 0 Å². The molecule has 0 spiro atoms. The number of anilines is 1. The van der Waals surface area contributed by atoms with Crippen molar-refractivity contribution in [2.45, 2.75) is 25.3 Å². The van der Waals surface area contributed by atoms with Crippen LogP contribution in [-0.4, -0.2) is 18.9 Å². The van der Waals surface area contributed by atoms with Gasteiger partial charge in [-0.2, -0.15) is 5.10 Å². The number of rotatable bonds is 3. The quantitative estimate of drug-likeness (QED) is 0.595. The van der Waals surface area contributed by atoms with Gasteiger partial charge in [0.25, 0.3) is 0 Å². The van der Waals surface area contributed by atoms with E-state index in [4.69, 9.17) is 5.73 Å². The minimum Gasteiger partial charge on any atom is -0.383 e. The molecular formula is C22H23N5O. The molecule has 1 fully saturated rings. The summed E-state index contributed by atoms with van der Waals surface area (Å²) in [6.07, 6.45) is 3.35. The molecule has 2 heterocycles. The summed E-state index contributed by atoms with van der Waals surface area (Å²) in [5.74, 6) is 0.613. The van der Waals surface area contributed by atoms with Crippen LogP contribution in [0.25, 0.3) is 33.4 Å². The predicted molar refractivity (Wildman–Crippen MR) is 112 cm³/mol. The number of aryl methyl sites for hydroxylation is 2. The van der Waals surface area contributed by atoms with Crippen molar-refractivity contribution in [2.24, 2.45) is 14.1 Å². The molecular weight excluding hydrogens is 350 g/mol. The summed E-state index contributed by atoms with van der Waals surface area (Å²) in [5, 5.41) is 4.65. The SMILES string of the molecule is Cn1nc(-c2ccccc2)c(-c2ccc3c(c2)n(C)c(=O)n3C2CCC2)c1N. The molecule has 0 saturated heterocycles. The number of nitrogens with two attached hydrogens (primary N) is 1. The molecule has 6 heteroatoms. The molecule has 0 aliphatic heterocycles. The molecule has 142 valence electrons. The van der Waals surface area contributed by atoms with E-state index in [1.165, 1.54) is 6.42 Å². The van der Waals surface area contributed by atoms with Crippen LogP contribution in [0, 0.1) is 0 Å². The first kappa shape index (κ1) is 16.9. The highest BCUT2D eigenvalue weighted by Crippen LogP contribution is 2.38. The molecule has 0 unspecified atom stereocenters. The van der Waals surface area contributed by atoms with Crippen molar-refractivity contribution in [1.82, 2.24) is 18.9 Å². The van der Waals surface area contributed by atoms with Crippen molar-refractivity contribution in [3.05, 3.63) is 59.0 Å². The number of imidazole rings is 1. The number of nitrogens with zero attached hydrogens (tertiary/aromatic N) is 4. The standard InChI is InChI=1S/C22H23N5O/c1-25-18-13-15(11-12-17(18)27(22(25)28)16-9-6-10-16)19-20(24-26(2)21(19)23)14-7-4-3-5-8-14/h3-5,7-8,11-13,16H,6,9-10,23H2,1-2H3. The van der Waals surface area contributed by atoms with Gasteiger partial charge in [0, 0.05) is 25.7 Å². The molecule has 0 radical (unpaired) electrons. The van der Waals surface area contributed by atoms with Gasteiger partial charge in [-0.05, 0) is 37.0 Å². The lowest BCUT2D eigenvalue weighted by Crippen LogP contribution is -2.29. The normalized spacial score (nSPS) is 14.5. The first-order valence-corrected chi connectivity index (χ1v) is 9.65. The van der Waals surface area contributed by atoms with Gasteiger partial charge >= 0.3 is 5.69 Å². The molecule has 0 bridgehead atoms. The highest BCUT2D eigenvalue weighted by atomic mass is 16.1. The fourth-order valence-electron chi connectivity index (χ4n) is 4.14. The van der Waals surface area contributed by atoms with Crippen LogP contribution in [0.15, 0.2) is 53.3 Å². The van der Waals surface area contributed by atoms with Crippen LogP contribution < -0.4 is 11.4 Å². The van der Waals surface area contributed by atoms with E-state index in [-0.39, 0.29) is 5.69 Å². The number of nitrogen functional groups attached to an aromatic ring is 1. The van der Waals surface area contributed by atoms with Gasteiger partial charge < -0.3 is 5.73 Å². The van der Waals surface area contributed by atoms with Crippen molar-refractivity contribution >= 4 is 16.9 Å². The van der Waals surface area contributed by atoms with Gasteiger partial charge in [-0.15, -0.1) is 0 Å². The van der Waals surface area contributed by atoms with E-state index in [9.17, 15) is 4.79 Å². The highest BCUT2D eigenvalue weighted by molar-refractivity contribution is 5.92. The van der Waals surface area contributed by atoms with Crippen LogP contribution in [0.2, 0.25) is 0 Å². The molecule has 1 saturated carbocycles. The molecule has 1 aliphatic carbocycles. The number of benzene rings is 2. The number of hydrogen-bond donors (Lipinski definition) is 1. The van der Waals surface area contributed by atoms with Crippen molar-refractivity contribution < 1.29 is 0 Å². The van der Waals surface area contributed by atoms with E-state index >= 15 is 0 Å². The molecule has 2 aromatic heterocycles. The van der Waals surface area contributed by atoms with Gasteiger partial charge in [0.1, 0.15) is 11.5 Å². The second-order valence-corrected chi connectivity index (χ2v) is 7.60. The summed E-state index contributed by atoms with van der Waals surface area (Å²) in [4.78, 5) is 12.8. The van der Waals surface area contributed by atoms with E-state index in [1.807, 2.05) is 55.1 Å². The van der Waals surface area contributed by atoms with Gasteiger partial charge in [-0.25, -0.2) is 4.79 Å². The lowest BCUT2D eigenvalue weighted by molar-refractivity contribution is 0.312. The second-order valence-electron chi connectivity index (χ2n) is 7.60. The lowest BCUT2D eigenvalue weighted by atomic mass is 9.92. The van der Waals surface area contributed by atoms with Crippen molar-refractivity contribution in [3.8, 4) is 22.4 Å². The van der Waals surface area contributed by atoms with E-state index in [0.717, 1.165) is 46.3 Å². The minimum atomic E-state index is 0.0549. The average Bonchev–Trinajstić information content (AvgIpc) is 3.10. The zero-order chi connectivity index (χ0) is 19.4. The number of hydrogen-bond acceptors (Lipinski definition) is 3. The number of aromatic nitrogens is 4. The Kier molecular flexibility index (Phi) is 3.69. The minimum absolute atomic E-state index is 0.0549. The Morgan fingerprint density at radius 1 is 1.00 bits per heavy atom. The molecule has 28 heavy (non-hydrogen) atoms. The fraction of sp³-hybridized carbons (Fsp3) is 0.273. The Morgan fingerprint density at radius 3 is 2.43 bits per heavy atom. The molecule has 2 N–H and O–H groups in total. The lowest BCUT2D eigenvalue weighted by Gasteiger charge is -2.26. The zero-order valence-corrected chi connectivity index (χ0v) is 16.1. The Balaban J connectivity index is 1.73. The van der Waals surface area contributed by atoms with Crippen molar-refractivity contribution in [1.29, 1.82) is 0 Å². The predicted octanol–water partition coefficient (Wildman–Crippen LogP) is 3.71. The van der Waals surface area contributed by atoms with Gasteiger partial charge in [-0.1, -0.05) is 36.4 Å². The Bertz CT molecular complexity index is 1240. The topological polar surface area (TPSA) is 70.8 Å². The average molecular weight is 373 g/mol. The monoisotopic (exact) mass is 373 g/mol. The Labute approximate surface area is 162 Å². The first-order valence-electron chi connectivity index (χ1n) is 9.65. The molecule has 0 atom stereocenters. The van der Waals surface area contributed by atoms with E-state index < -0.39 is 0 Å². The van der Waals surface area contributed by atoms with Gasteiger partial charge in [0.15, 0.2) is 0 Å². The third kappa shape index (κ3) is 2.34. The summed E-state index contributed by atoms with van der Waals surface area (Å²) in [7, 11) is 3.70. The molecule has 1 aliphatic rings. The maximum absolute atomic E-state index is 12.8. The molecule has 0 amide bonds. The highest BCUT2D eigenvalue weighted by Gasteiger charge is 2.25. The fourth-order valence-corrected chi connectivity index (χ4v) is 4.14. The second kappa shape index (κ2) is 6.12. The van der Waals surface area contributed by atoms with Gasteiger partial charge in [0.2, 0.25) is 0 Å². The molecule has 6 nitrogen and oxygen atoms in total. The van der Waals surface area contributed by atoms with E-state index in [0.29, 0.717) is 11.9 Å². The summed E-state index contributed by atoms with van der Waals surface area (Å²) in [6, 6.07) is 16.5. The van der Waals surface area contributed by atoms with Crippen LogP contribution in [0.4, 0.5) is 5.82 Å². The smallest absolute Gasteiger partial charge is 0.329 e. The van der Waals surface area contributed by atoms with Crippen LogP contribution in [-0.2, 0) is 14.1 Å². The number of fused-ring (bicyclic) bond motifs is 1. The van der Waals surface area contributed by atoms with E-state index in [2.05, 4.69) is 17.2 Å².